The zero-order chi connectivity index (χ0) is 22.9. The third kappa shape index (κ3) is 4.23. The highest BCUT2D eigenvalue weighted by molar-refractivity contribution is 7.17. The number of thiophene rings is 1. The van der Waals surface area contributed by atoms with Crippen LogP contribution in [0.5, 0.6) is 0 Å². The summed E-state index contributed by atoms with van der Waals surface area (Å²) >= 11 is 1.48. The predicted octanol–water partition coefficient (Wildman–Crippen LogP) is 3.86. The van der Waals surface area contributed by atoms with Gasteiger partial charge in [0.1, 0.15) is 5.00 Å². The number of carbonyl (C=O) groups excluding carboxylic acids is 2. The molecule has 0 radical (unpaired) electrons. The molecule has 3 heterocycles. The number of anilines is 1. The van der Waals surface area contributed by atoms with Crippen LogP contribution in [-0.2, 0) is 19.4 Å². The summed E-state index contributed by atoms with van der Waals surface area (Å²) in [6.07, 6.45) is 3.88. The smallest absolute Gasteiger partial charge is 0.296 e. The standard InChI is InChI=1S/C24H24N6O2S/c1-14-12-15(2)30-24(26-14)27-20(29-30)22(32)28-23-19(17-10-6-7-11-18(17)33-23)21(31)25-13-16-8-4-3-5-9-16/h3-5,8-9,12H,6-7,10-11,13H2,1-2H3,(H,25,31)(H,28,32). The molecule has 1 aliphatic carbocycles. The Balaban J connectivity index is 1.43. The molecule has 0 fully saturated rings. The monoisotopic (exact) mass is 460 g/mol. The number of nitrogens with one attached hydrogen (secondary N) is 2. The van der Waals surface area contributed by atoms with E-state index in [0.29, 0.717) is 22.9 Å². The van der Waals surface area contributed by atoms with Crippen LogP contribution in [0.1, 0.15) is 61.2 Å². The molecule has 0 unspecified atom stereocenters. The van der Waals surface area contributed by atoms with Crippen LogP contribution in [0, 0.1) is 13.8 Å². The Morgan fingerprint density at radius 3 is 2.67 bits per heavy atom. The van der Waals surface area contributed by atoms with Gasteiger partial charge >= 0.3 is 0 Å². The fraction of sp³-hybridized carbons (Fsp3) is 0.292. The third-order valence-corrected chi connectivity index (χ3v) is 6.95. The topological polar surface area (TPSA) is 101 Å². The molecule has 4 aromatic rings. The van der Waals surface area contributed by atoms with Crippen LogP contribution in [0.2, 0.25) is 0 Å². The van der Waals surface area contributed by atoms with E-state index in [1.165, 1.54) is 11.3 Å². The fourth-order valence-electron chi connectivity index (χ4n) is 4.18. The van der Waals surface area contributed by atoms with Gasteiger partial charge in [-0.1, -0.05) is 30.3 Å². The fourth-order valence-corrected chi connectivity index (χ4v) is 5.46. The van der Waals surface area contributed by atoms with Crippen molar-refractivity contribution < 1.29 is 9.59 Å². The summed E-state index contributed by atoms with van der Waals surface area (Å²) in [5.41, 5.74) is 4.28. The number of carbonyl (C=O) groups is 2. The first-order chi connectivity index (χ1) is 16.0. The first kappa shape index (κ1) is 21.3. The van der Waals surface area contributed by atoms with E-state index in [-0.39, 0.29) is 11.7 Å². The lowest BCUT2D eigenvalue weighted by Gasteiger charge is -2.13. The van der Waals surface area contributed by atoms with E-state index in [1.807, 2.05) is 50.2 Å². The number of hydrogen-bond acceptors (Lipinski definition) is 6. The van der Waals surface area contributed by atoms with Gasteiger partial charge in [-0.3, -0.25) is 9.59 Å². The highest BCUT2D eigenvalue weighted by Crippen LogP contribution is 2.38. The largest absolute Gasteiger partial charge is 0.348 e. The molecular formula is C24H24N6O2S. The predicted molar refractivity (Wildman–Crippen MR) is 127 cm³/mol. The summed E-state index contributed by atoms with van der Waals surface area (Å²) in [5, 5.41) is 10.8. The number of aryl methyl sites for hydroxylation is 3. The quantitative estimate of drug-likeness (QED) is 0.471. The van der Waals surface area contributed by atoms with Gasteiger partial charge in [-0.15, -0.1) is 16.4 Å². The number of benzene rings is 1. The van der Waals surface area contributed by atoms with Crippen molar-refractivity contribution >= 4 is 33.9 Å². The van der Waals surface area contributed by atoms with E-state index < -0.39 is 5.91 Å². The summed E-state index contributed by atoms with van der Waals surface area (Å²) < 4.78 is 1.55. The zero-order valence-corrected chi connectivity index (χ0v) is 19.3. The molecule has 3 aromatic heterocycles. The van der Waals surface area contributed by atoms with E-state index in [4.69, 9.17) is 0 Å². The van der Waals surface area contributed by atoms with Crippen molar-refractivity contribution in [1.29, 1.82) is 0 Å². The van der Waals surface area contributed by atoms with Gasteiger partial charge < -0.3 is 10.6 Å². The minimum Gasteiger partial charge on any atom is -0.348 e. The summed E-state index contributed by atoms with van der Waals surface area (Å²) in [5.74, 6) is -0.222. The van der Waals surface area contributed by atoms with Crippen LogP contribution in [0.3, 0.4) is 0 Å². The molecule has 33 heavy (non-hydrogen) atoms. The Morgan fingerprint density at radius 2 is 1.85 bits per heavy atom. The molecule has 2 amide bonds. The van der Waals surface area contributed by atoms with Crippen LogP contribution in [0.15, 0.2) is 36.4 Å². The Bertz CT molecular complexity index is 1360. The molecular weight excluding hydrogens is 436 g/mol. The van der Waals surface area contributed by atoms with Crippen molar-refractivity contribution in [2.75, 3.05) is 5.32 Å². The van der Waals surface area contributed by atoms with Crippen LogP contribution < -0.4 is 10.6 Å². The number of aromatic nitrogens is 4. The van der Waals surface area contributed by atoms with Crippen molar-refractivity contribution in [2.24, 2.45) is 0 Å². The SMILES string of the molecule is Cc1cc(C)n2nc(C(=O)Nc3sc4c(c3C(=O)NCc3ccccc3)CCCC4)nc2n1. The Morgan fingerprint density at radius 1 is 1.06 bits per heavy atom. The van der Waals surface area contributed by atoms with Crippen LogP contribution in [-0.4, -0.2) is 31.4 Å². The van der Waals surface area contributed by atoms with E-state index in [2.05, 4.69) is 25.7 Å². The summed E-state index contributed by atoms with van der Waals surface area (Å²) in [6, 6.07) is 11.7. The van der Waals surface area contributed by atoms with Crippen molar-refractivity contribution in [3.63, 3.8) is 0 Å². The van der Waals surface area contributed by atoms with Crippen molar-refractivity contribution in [3.8, 4) is 0 Å². The highest BCUT2D eigenvalue weighted by Gasteiger charge is 2.27. The minimum atomic E-state index is -0.451. The molecule has 0 saturated carbocycles. The maximum absolute atomic E-state index is 13.2. The maximum Gasteiger partial charge on any atom is 0.296 e. The first-order valence-corrected chi connectivity index (χ1v) is 11.8. The number of rotatable bonds is 5. The lowest BCUT2D eigenvalue weighted by molar-refractivity contribution is 0.0951. The van der Waals surface area contributed by atoms with Crippen LogP contribution in [0.25, 0.3) is 5.78 Å². The third-order valence-electron chi connectivity index (χ3n) is 5.74. The molecule has 8 nitrogen and oxygen atoms in total. The summed E-state index contributed by atoms with van der Waals surface area (Å²) in [7, 11) is 0. The normalized spacial score (nSPS) is 13.0. The molecule has 0 saturated heterocycles. The number of fused-ring (bicyclic) bond motifs is 2. The van der Waals surface area contributed by atoms with E-state index in [9.17, 15) is 9.59 Å². The molecule has 0 spiro atoms. The molecule has 9 heteroatoms. The Hall–Kier alpha value is -3.59. The number of hydrogen-bond donors (Lipinski definition) is 2. The minimum absolute atomic E-state index is 0.0261. The van der Waals surface area contributed by atoms with Gasteiger partial charge in [0, 0.05) is 22.8 Å². The van der Waals surface area contributed by atoms with Gasteiger partial charge in [0.15, 0.2) is 0 Å². The number of nitrogens with zero attached hydrogens (tertiary/aromatic N) is 4. The van der Waals surface area contributed by atoms with Gasteiger partial charge in [0.05, 0.1) is 5.56 Å². The molecule has 0 atom stereocenters. The maximum atomic E-state index is 13.2. The van der Waals surface area contributed by atoms with Crippen LogP contribution >= 0.6 is 11.3 Å². The Kier molecular flexibility index (Phi) is 5.63. The van der Waals surface area contributed by atoms with Crippen molar-refractivity contribution in [3.05, 3.63) is 75.2 Å². The van der Waals surface area contributed by atoms with Crippen molar-refractivity contribution in [1.82, 2.24) is 24.9 Å². The van der Waals surface area contributed by atoms with E-state index >= 15 is 0 Å². The van der Waals surface area contributed by atoms with Gasteiger partial charge in [0.2, 0.25) is 5.82 Å². The molecule has 1 aliphatic rings. The second kappa shape index (κ2) is 8.74. The molecule has 1 aromatic carbocycles. The van der Waals surface area contributed by atoms with Crippen molar-refractivity contribution in [2.45, 2.75) is 46.1 Å². The second-order valence-corrected chi connectivity index (χ2v) is 9.33. The lowest BCUT2D eigenvalue weighted by atomic mass is 9.95. The molecule has 0 bridgehead atoms. The van der Waals surface area contributed by atoms with Gasteiger partial charge in [-0.2, -0.15) is 4.98 Å². The molecule has 0 aliphatic heterocycles. The summed E-state index contributed by atoms with van der Waals surface area (Å²) in [6.45, 7) is 4.19. The molecule has 2 N–H and O–H groups in total. The second-order valence-electron chi connectivity index (χ2n) is 8.22. The van der Waals surface area contributed by atoms with Gasteiger partial charge in [-0.25, -0.2) is 9.50 Å². The zero-order valence-electron chi connectivity index (χ0n) is 18.5. The van der Waals surface area contributed by atoms with E-state index in [0.717, 1.165) is 53.1 Å². The number of amides is 2. The average Bonchev–Trinajstić information content (AvgIpc) is 3.39. The van der Waals surface area contributed by atoms with E-state index in [1.54, 1.807) is 4.52 Å². The summed E-state index contributed by atoms with van der Waals surface area (Å²) in [4.78, 5) is 36.1. The van der Waals surface area contributed by atoms with Crippen LogP contribution in [0.4, 0.5) is 5.00 Å². The first-order valence-electron chi connectivity index (χ1n) is 11.0. The average molecular weight is 461 g/mol. The Labute approximate surface area is 195 Å². The lowest BCUT2D eigenvalue weighted by Crippen LogP contribution is -2.25. The van der Waals surface area contributed by atoms with Gasteiger partial charge in [0.25, 0.3) is 17.6 Å². The molecule has 168 valence electrons. The van der Waals surface area contributed by atoms with Gasteiger partial charge in [-0.05, 0) is 56.7 Å². The molecule has 5 rings (SSSR count). The highest BCUT2D eigenvalue weighted by atomic mass is 32.1.